The Morgan fingerprint density at radius 2 is 1.94 bits per heavy atom. The second-order valence-corrected chi connectivity index (χ2v) is 4.08. The third-order valence-electron chi connectivity index (χ3n) is 2.82. The molecular weight excluding hydrogens is 226 g/mol. The number of carbonyl (C=O) groups is 1. The van der Waals surface area contributed by atoms with Crippen LogP contribution >= 0.6 is 0 Å². The summed E-state index contributed by atoms with van der Waals surface area (Å²) in [6.45, 7) is 0.622. The fourth-order valence-corrected chi connectivity index (χ4v) is 1.89. The van der Waals surface area contributed by atoms with Gasteiger partial charge >= 0.3 is 0 Å². The smallest absolute Gasteiger partial charge is 0.242 e. The van der Waals surface area contributed by atoms with Gasteiger partial charge in [0.15, 0.2) is 0 Å². The third-order valence-corrected chi connectivity index (χ3v) is 2.82. The van der Waals surface area contributed by atoms with E-state index in [2.05, 4.69) is 10.6 Å². The average Bonchev–Trinajstić information content (AvgIpc) is 2.49. The highest BCUT2D eigenvalue weighted by molar-refractivity contribution is 5.84. The maximum Gasteiger partial charge on any atom is 0.242 e. The van der Waals surface area contributed by atoms with Crippen LogP contribution in [0.1, 0.15) is 19.3 Å². The van der Waals surface area contributed by atoms with Crippen LogP contribution in [0.25, 0.3) is 0 Å². The molecule has 1 aliphatic heterocycles. The van der Waals surface area contributed by atoms with Crippen LogP contribution in [-0.4, -0.2) is 18.5 Å². The molecule has 92 valence electrons. The number of nitrogens with one attached hydrogen (secondary N) is 2. The summed E-state index contributed by atoms with van der Waals surface area (Å²) >= 11 is 0. The van der Waals surface area contributed by atoms with E-state index in [0.29, 0.717) is 13.0 Å². The van der Waals surface area contributed by atoms with Gasteiger partial charge in [-0.3, -0.25) is 4.79 Å². The second kappa shape index (κ2) is 5.12. The van der Waals surface area contributed by atoms with Crippen LogP contribution in [0.3, 0.4) is 0 Å². The fourth-order valence-electron chi connectivity index (χ4n) is 1.89. The van der Waals surface area contributed by atoms with Crippen LogP contribution in [0.5, 0.6) is 0 Å². The molecule has 2 N–H and O–H groups in total. The van der Waals surface area contributed by atoms with Gasteiger partial charge in [-0.15, -0.1) is 0 Å². The van der Waals surface area contributed by atoms with Crippen molar-refractivity contribution in [1.29, 1.82) is 0 Å². The molecule has 1 unspecified atom stereocenters. The van der Waals surface area contributed by atoms with E-state index in [1.54, 1.807) is 0 Å². The molecule has 1 fully saturated rings. The van der Waals surface area contributed by atoms with Crippen molar-refractivity contribution in [1.82, 2.24) is 5.32 Å². The van der Waals surface area contributed by atoms with Crippen molar-refractivity contribution in [2.75, 3.05) is 11.9 Å². The lowest BCUT2D eigenvalue weighted by molar-refractivity contribution is -0.121. The number of amides is 1. The summed E-state index contributed by atoms with van der Waals surface area (Å²) in [5, 5.41) is 5.35. The standard InChI is InChI=1S/C12H14F2N2O/c13-8-4-3-5-9(14)11(8)16-10-6-1-2-7-15-12(10)17/h3-5,10,16H,1-2,6-7H2,(H,15,17). The summed E-state index contributed by atoms with van der Waals surface area (Å²) < 4.78 is 26.8. The Hall–Kier alpha value is -1.65. The van der Waals surface area contributed by atoms with Crippen molar-refractivity contribution >= 4 is 11.6 Å². The number of carbonyl (C=O) groups excluding carboxylic acids is 1. The lowest BCUT2D eigenvalue weighted by Gasteiger charge is -2.17. The van der Waals surface area contributed by atoms with Gasteiger partial charge in [-0.2, -0.15) is 0 Å². The lowest BCUT2D eigenvalue weighted by atomic mass is 10.1. The zero-order chi connectivity index (χ0) is 12.3. The fraction of sp³-hybridized carbons (Fsp3) is 0.417. The van der Waals surface area contributed by atoms with E-state index >= 15 is 0 Å². The van der Waals surface area contributed by atoms with E-state index in [1.165, 1.54) is 18.2 Å². The molecule has 0 radical (unpaired) electrons. The highest BCUT2D eigenvalue weighted by Crippen LogP contribution is 2.20. The van der Waals surface area contributed by atoms with Crippen molar-refractivity contribution in [3.8, 4) is 0 Å². The van der Waals surface area contributed by atoms with Crippen LogP contribution in [0.2, 0.25) is 0 Å². The molecule has 3 nitrogen and oxygen atoms in total. The molecule has 0 aliphatic carbocycles. The summed E-state index contributed by atoms with van der Waals surface area (Å²) in [5.74, 6) is -1.56. The predicted molar refractivity (Wildman–Crippen MR) is 60.6 cm³/mol. The van der Waals surface area contributed by atoms with E-state index < -0.39 is 17.7 Å². The van der Waals surface area contributed by atoms with Crippen molar-refractivity contribution < 1.29 is 13.6 Å². The Balaban J connectivity index is 2.16. The SMILES string of the molecule is O=C1NCCCCC1Nc1c(F)cccc1F. The van der Waals surface area contributed by atoms with Crippen LogP contribution in [0, 0.1) is 11.6 Å². The summed E-state index contributed by atoms with van der Waals surface area (Å²) in [6.07, 6.45) is 2.33. The summed E-state index contributed by atoms with van der Waals surface area (Å²) in [6, 6.07) is 3.06. The average molecular weight is 240 g/mol. The second-order valence-electron chi connectivity index (χ2n) is 4.08. The van der Waals surface area contributed by atoms with Gasteiger partial charge in [0.25, 0.3) is 0 Å². The number of benzene rings is 1. The largest absolute Gasteiger partial charge is 0.369 e. The molecular formula is C12H14F2N2O. The highest BCUT2D eigenvalue weighted by atomic mass is 19.1. The van der Waals surface area contributed by atoms with E-state index in [0.717, 1.165) is 12.8 Å². The molecule has 5 heteroatoms. The quantitative estimate of drug-likeness (QED) is 0.830. The molecule has 1 saturated heterocycles. The van der Waals surface area contributed by atoms with Gasteiger partial charge in [-0.25, -0.2) is 8.78 Å². The Kier molecular flexibility index (Phi) is 3.56. The Labute approximate surface area is 98.2 Å². The minimum Gasteiger partial charge on any atom is -0.369 e. The first-order valence-corrected chi connectivity index (χ1v) is 5.67. The van der Waals surface area contributed by atoms with Crippen molar-refractivity contribution in [3.05, 3.63) is 29.8 Å². The number of rotatable bonds is 2. The van der Waals surface area contributed by atoms with Crippen LogP contribution in [-0.2, 0) is 4.79 Å². The zero-order valence-corrected chi connectivity index (χ0v) is 9.30. The van der Waals surface area contributed by atoms with Gasteiger partial charge in [-0.1, -0.05) is 6.07 Å². The van der Waals surface area contributed by atoms with Gasteiger partial charge in [0.05, 0.1) is 0 Å². The molecule has 1 atom stereocenters. The number of anilines is 1. The maximum absolute atomic E-state index is 13.4. The van der Waals surface area contributed by atoms with Crippen molar-refractivity contribution in [3.63, 3.8) is 0 Å². The molecule has 1 aromatic carbocycles. The Morgan fingerprint density at radius 3 is 2.65 bits per heavy atom. The number of hydrogen-bond acceptors (Lipinski definition) is 2. The molecule has 2 rings (SSSR count). The van der Waals surface area contributed by atoms with Gasteiger partial charge in [0.1, 0.15) is 23.4 Å². The van der Waals surface area contributed by atoms with Gasteiger partial charge in [-0.05, 0) is 31.4 Å². The molecule has 0 aromatic heterocycles. The summed E-state index contributed by atoms with van der Waals surface area (Å²) in [4.78, 5) is 11.6. The molecule has 0 spiro atoms. The van der Waals surface area contributed by atoms with Crippen molar-refractivity contribution in [2.45, 2.75) is 25.3 Å². The summed E-state index contributed by atoms with van der Waals surface area (Å²) in [7, 11) is 0. The third kappa shape index (κ3) is 2.72. The predicted octanol–water partition coefficient (Wildman–Crippen LogP) is 2.05. The van der Waals surface area contributed by atoms with E-state index in [9.17, 15) is 13.6 Å². The minimum absolute atomic E-state index is 0.204. The number of hydrogen-bond donors (Lipinski definition) is 2. The number of halogens is 2. The van der Waals surface area contributed by atoms with Crippen LogP contribution in [0.15, 0.2) is 18.2 Å². The van der Waals surface area contributed by atoms with Crippen LogP contribution in [0.4, 0.5) is 14.5 Å². The van der Waals surface area contributed by atoms with Crippen LogP contribution < -0.4 is 10.6 Å². The first-order chi connectivity index (χ1) is 8.18. The first kappa shape index (κ1) is 11.8. The van der Waals surface area contributed by atoms with Crippen molar-refractivity contribution in [2.24, 2.45) is 0 Å². The minimum atomic E-state index is -0.679. The zero-order valence-electron chi connectivity index (χ0n) is 9.30. The molecule has 17 heavy (non-hydrogen) atoms. The molecule has 1 heterocycles. The Morgan fingerprint density at radius 1 is 1.24 bits per heavy atom. The molecule has 1 amide bonds. The lowest BCUT2D eigenvalue weighted by Crippen LogP contribution is -2.38. The monoisotopic (exact) mass is 240 g/mol. The normalized spacial score (nSPS) is 20.6. The highest BCUT2D eigenvalue weighted by Gasteiger charge is 2.22. The number of para-hydroxylation sites is 1. The maximum atomic E-state index is 13.4. The molecule has 1 aromatic rings. The molecule has 1 aliphatic rings. The Bertz CT molecular complexity index is 403. The summed E-state index contributed by atoms with van der Waals surface area (Å²) in [5.41, 5.74) is -0.227. The van der Waals surface area contributed by atoms with E-state index in [4.69, 9.17) is 0 Å². The first-order valence-electron chi connectivity index (χ1n) is 5.67. The van der Waals surface area contributed by atoms with Gasteiger partial charge in [0, 0.05) is 6.54 Å². The molecule has 0 bridgehead atoms. The topological polar surface area (TPSA) is 41.1 Å². The van der Waals surface area contributed by atoms with E-state index in [-0.39, 0.29) is 11.6 Å². The van der Waals surface area contributed by atoms with E-state index in [1.807, 2.05) is 0 Å². The van der Waals surface area contributed by atoms with Gasteiger partial charge < -0.3 is 10.6 Å². The molecule has 0 saturated carbocycles. The van der Waals surface area contributed by atoms with Gasteiger partial charge in [0.2, 0.25) is 5.91 Å².